The van der Waals surface area contributed by atoms with Crippen LogP contribution in [0.1, 0.15) is 5.56 Å². The van der Waals surface area contributed by atoms with Gasteiger partial charge in [-0.2, -0.15) is 0 Å². The average Bonchev–Trinajstić information content (AvgIpc) is 2.39. The minimum Gasteiger partial charge on any atom is -0.496 e. The lowest BCUT2D eigenvalue weighted by atomic mass is 10.2. The van der Waals surface area contributed by atoms with Gasteiger partial charge in [-0.3, -0.25) is 0 Å². The van der Waals surface area contributed by atoms with E-state index >= 15 is 0 Å². The van der Waals surface area contributed by atoms with Gasteiger partial charge < -0.3 is 15.8 Å². The van der Waals surface area contributed by atoms with Crippen LogP contribution in [-0.4, -0.2) is 17.1 Å². The molecule has 1 aromatic heterocycles. The van der Waals surface area contributed by atoms with Crippen molar-refractivity contribution in [2.45, 2.75) is 0 Å². The molecule has 0 saturated heterocycles. The van der Waals surface area contributed by atoms with Crippen LogP contribution in [0.15, 0.2) is 41.0 Å². The van der Waals surface area contributed by atoms with Gasteiger partial charge in [-0.15, -0.1) is 0 Å². The van der Waals surface area contributed by atoms with Crippen molar-refractivity contribution >= 4 is 44.6 Å². The molecule has 0 aliphatic carbocycles. The first kappa shape index (κ1) is 13.8. The summed E-state index contributed by atoms with van der Waals surface area (Å²) in [5, 5.41) is 3.18. The van der Waals surface area contributed by atoms with E-state index in [4.69, 9.17) is 22.7 Å². The minimum absolute atomic E-state index is 0.348. The Morgan fingerprint density at radius 2 is 2.16 bits per heavy atom. The fourth-order valence-electron chi connectivity index (χ4n) is 1.54. The fourth-order valence-corrected chi connectivity index (χ4v) is 2.21. The molecule has 2 rings (SSSR count). The summed E-state index contributed by atoms with van der Waals surface area (Å²) >= 11 is 8.37. The van der Waals surface area contributed by atoms with Crippen molar-refractivity contribution in [2.24, 2.45) is 5.73 Å². The lowest BCUT2D eigenvalue weighted by molar-refractivity contribution is 0.412. The minimum atomic E-state index is 0.348. The first-order chi connectivity index (χ1) is 9.10. The Morgan fingerprint density at radius 3 is 2.79 bits per heavy atom. The lowest BCUT2D eigenvalue weighted by Crippen LogP contribution is -2.09. The number of aromatic nitrogens is 1. The fraction of sp³-hybridized carbons (Fsp3) is 0.0769. The number of nitrogens with zero attached hydrogens (tertiary/aromatic N) is 1. The lowest BCUT2D eigenvalue weighted by Gasteiger charge is -2.09. The summed E-state index contributed by atoms with van der Waals surface area (Å²) in [5.41, 5.74) is 7.26. The van der Waals surface area contributed by atoms with Crippen molar-refractivity contribution in [2.75, 3.05) is 12.4 Å². The highest BCUT2D eigenvalue weighted by molar-refractivity contribution is 9.10. The predicted octanol–water partition coefficient (Wildman–Crippen LogP) is 3.23. The van der Waals surface area contributed by atoms with Crippen LogP contribution in [0.4, 0.5) is 11.5 Å². The summed E-state index contributed by atoms with van der Waals surface area (Å²) in [6.07, 6.45) is 1.66. The summed E-state index contributed by atoms with van der Waals surface area (Å²) < 4.78 is 6.04. The van der Waals surface area contributed by atoms with Crippen molar-refractivity contribution in [3.63, 3.8) is 0 Å². The SMILES string of the molecule is COc1ccc(Nc2cc(C(N)=S)ccn2)cc1Br. The first-order valence-electron chi connectivity index (χ1n) is 5.46. The van der Waals surface area contributed by atoms with Gasteiger partial charge in [0.05, 0.1) is 11.6 Å². The van der Waals surface area contributed by atoms with Gasteiger partial charge >= 0.3 is 0 Å². The van der Waals surface area contributed by atoms with Crippen LogP contribution in [0.5, 0.6) is 5.75 Å². The van der Waals surface area contributed by atoms with Crippen LogP contribution in [0, 0.1) is 0 Å². The van der Waals surface area contributed by atoms with E-state index in [9.17, 15) is 0 Å². The molecule has 2 aromatic rings. The second-order valence-electron chi connectivity index (χ2n) is 3.77. The molecule has 0 unspecified atom stereocenters. The third kappa shape index (κ3) is 3.42. The van der Waals surface area contributed by atoms with Crippen LogP contribution >= 0.6 is 28.1 Å². The normalized spacial score (nSPS) is 10.0. The summed E-state index contributed by atoms with van der Waals surface area (Å²) in [7, 11) is 1.63. The van der Waals surface area contributed by atoms with Gasteiger partial charge in [0.1, 0.15) is 16.6 Å². The maximum atomic E-state index is 5.59. The Morgan fingerprint density at radius 1 is 1.37 bits per heavy atom. The molecule has 19 heavy (non-hydrogen) atoms. The van der Waals surface area contributed by atoms with E-state index in [1.165, 1.54) is 0 Å². The van der Waals surface area contributed by atoms with Gasteiger partial charge in [0, 0.05) is 17.4 Å². The Labute approximate surface area is 125 Å². The number of pyridine rings is 1. The van der Waals surface area contributed by atoms with Crippen LogP contribution in [-0.2, 0) is 0 Å². The molecule has 1 heterocycles. The molecule has 0 aliphatic rings. The zero-order valence-corrected chi connectivity index (χ0v) is 12.6. The van der Waals surface area contributed by atoms with Crippen LogP contribution in [0.2, 0.25) is 0 Å². The van der Waals surface area contributed by atoms with E-state index in [-0.39, 0.29) is 0 Å². The highest BCUT2D eigenvalue weighted by atomic mass is 79.9. The van der Waals surface area contributed by atoms with Crippen molar-refractivity contribution in [3.8, 4) is 5.75 Å². The van der Waals surface area contributed by atoms with Gasteiger partial charge in [-0.25, -0.2) is 4.98 Å². The molecule has 0 amide bonds. The summed E-state index contributed by atoms with van der Waals surface area (Å²) in [6, 6.07) is 9.26. The molecule has 0 saturated carbocycles. The number of anilines is 2. The molecular weight excluding hydrogens is 326 g/mol. The first-order valence-corrected chi connectivity index (χ1v) is 6.66. The quantitative estimate of drug-likeness (QED) is 0.838. The second kappa shape index (κ2) is 5.99. The van der Waals surface area contributed by atoms with Crippen LogP contribution in [0.3, 0.4) is 0 Å². The number of thiocarbonyl (C=S) groups is 1. The van der Waals surface area contributed by atoms with Crippen molar-refractivity contribution < 1.29 is 4.74 Å². The molecule has 98 valence electrons. The highest BCUT2D eigenvalue weighted by Crippen LogP contribution is 2.28. The van der Waals surface area contributed by atoms with Crippen molar-refractivity contribution in [3.05, 3.63) is 46.6 Å². The van der Waals surface area contributed by atoms with E-state index in [2.05, 4.69) is 26.2 Å². The molecule has 6 heteroatoms. The molecule has 0 spiro atoms. The average molecular weight is 338 g/mol. The van der Waals surface area contributed by atoms with Crippen LogP contribution in [0.25, 0.3) is 0 Å². The number of benzene rings is 1. The number of methoxy groups -OCH3 is 1. The molecule has 0 bridgehead atoms. The van der Waals surface area contributed by atoms with Gasteiger partial charge in [-0.1, -0.05) is 12.2 Å². The van der Waals surface area contributed by atoms with E-state index in [1.807, 2.05) is 18.2 Å². The topological polar surface area (TPSA) is 60.2 Å². The molecule has 0 radical (unpaired) electrons. The molecule has 0 aliphatic heterocycles. The monoisotopic (exact) mass is 337 g/mol. The summed E-state index contributed by atoms with van der Waals surface area (Å²) in [6.45, 7) is 0. The van der Waals surface area contributed by atoms with Crippen LogP contribution < -0.4 is 15.8 Å². The zero-order valence-electron chi connectivity index (χ0n) is 10.2. The molecule has 0 atom stereocenters. The Kier molecular flexibility index (Phi) is 4.34. The Hall–Kier alpha value is -1.66. The summed E-state index contributed by atoms with van der Waals surface area (Å²) in [4.78, 5) is 4.56. The Balaban J connectivity index is 2.23. The molecule has 3 N–H and O–H groups in total. The summed E-state index contributed by atoms with van der Waals surface area (Å²) in [5.74, 6) is 1.46. The van der Waals surface area contributed by atoms with Crippen molar-refractivity contribution in [1.29, 1.82) is 0 Å². The maximum absolute atomic E-state index is 5.59. The number of nitrogens with one attached hydrogen (secondary N) is 1. The number of rotatable bonds is 4. The van der Waals surface area contributed by atoms with E-state index in [0.717, 1.165) is 21.5 Å². The number of ether oxygens (including phenoxy) is 1. The van der Waals surface area contributed by atoms with E-state index in [1.54, 1.807) is 25.4 Å². The van der Waals surface area contributed by atoms with E-state index in [0.29, 0.717) is 10.8 Å². The van der Waals surface area contributed by atoms with E-state index < -0.39 is 0 Å². The highest BCUT2D eigenvalue weighted by Gasteiger charge is 2.03. The second-order valence-corrected chi connectivity index (χ2v) is 5.06. The smallest absolute Gasteiger partial charge is 0.133 e. The Bertz CT molecular complexity index is 619. The number of halogens is 1. The number of hydrogen-bond acceptors (Lipinski definition) is 4. The van der Waals surface area contributed by atoms with Gasteiger partial charge in [0.15, 0.2) is 0 Å². The standard InChI is InChI=1S/C13H12BrN3OS/c1-18-11-3-2-9(7-10(11)14)17-12-6-8(13(15)19)4-5-16-12/h2-7H,1H3,(H2,15,19)(H,16,17). The molecule has 1 aromatic carbocycles. The third-order valence-corrected chi connectivity index (χ3v) is 3.32. The zero-order chi connectivity index (χ0) is 13.8. The molecular formula is C13H12BrN3OS. The molecule has 0 fully saturated rings. The number of hydrogen-bond donors (Lipinski definition) is 2. The largest absolute Gasteiger partial charge is 0.496 e. The van der Waals surface area contributed by atoms with Gasteiger partial charge in [0.2, 0.25) is 0 Å². The maximum Gasteiger partial charge on any atom is 0.133 e. The third-order valence-electron chi connectivity index (χ3n) is 2.47. The van der Waals surface area contributed by atoms with Crippen molar-refractivity contribution in [1.82, 2.24) is 4.98 Å². The number of nitrogens with two attached hydrogens (primary N) is 1. The van der Waals surface area contributed by atoms with Gasteiger partial charge in [0.25, 0.3) is 0 Å². The van der Waals surface area contributed by atoms with Gasteiger partial charge in [-0.05, 0) is 46.3 Å². The predicted molar refractivity (Wildman–Crippen MR) is 84.1 cm³/mol. The molecule has 4 nitrogen and oxygen atoms in total.